The lowest BCUT2D eigenvalue weighted by molar-refractivity contribution is -0.121. The Kier molecular flexibility index (Phi) is 4.25. The first kappa shape index (κ1) is 15.8. The number of piperazine rings is 1. The molecule has 1 fully saturated rings. The van der Waals surface area contributed by atoms with Crippen molar-refractivity contribution in [1.82, 2.24) is 4.90 Å². The number of nitrogen functional groups attached to an aromatic ring is 1. The summed E-state index contributed by atoms with van der Waals surface area (Å²) in [6, 6.07) is 4.83. The number of amides is 1. The minimum Gasteiger partial charge on any atom is -0.399 e. The van der Waals surface area contributed by atoms with Gasteiger partial charge in [0.25, 0.3) is 0 Å². The highest BCUT2D eigenvalue weighted by Crippen LogP contribution is 2.26. The van der Waals surface area contributed by atoms with Crippen LogP contribution in [0.5, 0.6) is 0 Å². The lowest BCUT2D eigenvalue weighted by Crippen LogP contribution is -2.54. The van der Waals surface area contributed by atoms with Gasteiger partial charge in [-0.25, -0.2) is 8.42 Å². The lowest BCUT2D eigenvalue weighted by atomic mass is 10.1. The van der Waals surface area contributed by atoms with Crippen LogP contribution >= 0.6 is 0 Å². The fourth-order valence-corrected chi connectivity index (χ4v) is 3.23. The molecule has 6 nitrogen and oxygen atoms in total. The van der Waals surface area contributed by atoms with Gasteiger partial charge in [0, 0.05) is 30.2 Å². The van der Waals surface area contributed by atoms with E-state index in [1.807, 2.05) is 11.9 Å². The Balaban J connectivity index is 2.41. The fraction of sp³-hybridized carbons (Fsp3) is 0.500. The van der Waals surface area contributed by atoms with Crippen molar-refractivity contribution in [2.75, 3.05) is 37.0 Å². The summed E-state index contributed by atoms with van der Waals surface area (Å²) in [4.78, 5) is 16.0. The number of sulfone groups is 1. The SMILES string of the molecule is CC[C@@H]1CN(c2cc(N)cc(S(C)(=O)=O)c2)C(=O)CN1C. The lowest BCUT2D eigenvalue weighted by Gasteiger charge is -2.38. The molecule has 1 saturated heterocycles. The topological polar surface area (TPSA) is 83.7 Å². The summed E-state index contributed by atoms with van der Waals surface area (Å²) in [6.45, 7) is 2.93. The summed E-state index contributed by atoms with van der Waals surface area (Å²) < 4.78 is 23.4. The van der Waals surface area contributed by atoms with Crippen LogP contribution in [0.3, 0.4) is 0 Å². The number of carbonyl (C=O) groups excluding carboxylic acids is 1. The molecule has 21 heavy (non-hydrogen) atoms. The molecule has 0 radical (unpaired) electrons. The number of benzene rings is 1. The first-order valence-electron chi connectivity index (χ1n) is 6.83. The summed E-state index contributed by atoms with van der Waals surface area (Å²) in [7, 11) is -1.44. The number of nitrogens with zero attached hydrogens (tertiary/aromatic N) is 2. The minimum absolute atomic E-state index is 0.0488. The third kappa shape index (κ3) is 3.36. The summed E-state index contributed by atoms with van der Waals surface area (Å²) >= 11 is 0. The Hall–Kier alpha value is -1.60. The molecular weight excluding hydrogens is 290 g/mol. The van der Waals surface area contributed by atoms with Crippen LogP contribution in [-0.2, 0) is 14.6 Å². The summed E-state index contributed by atoms with van der Waals surface area (Å²) in [6.07, 6.45) is 2.05. The zero-order valence-electron chi connectivity index (χ0n) is 12.5. The molecule has 0 aliphatic carbocycles. The second-order valence-corrected chi connectivity index (χ2v) is 7.53. The molecule has 116 valence electrons. The first-order valence-corrected chi connectivity index (χ1v) is 8.72. The van der Waals surface area contributed by atoms with Crippen molar-refractivity contribution >= 4 is 27.1 Å². The standard InChI is InChI=1S/C14H21N3O3S/c1-4-11-8-17(14(18)9-16(11)2)12-5-10(15)6-13(7-12)21(3,19)20/h5-7,11H,4,8-9,15H2,1-3H3/t11-/m1/s1. The third-order valence-electron chi connectivity index (χ3n) is 3.83. The molecule has 0 spiro atoms. The largest absolute Gasteiger partial charge is 0.399 e. The first-order chi connectivity index (χ1) is 9.72. The maximum atomic E-state index is 12.2. The molecule has 0 saturated carbocycles. The highest BCUT2D eigenvalue weighted by molar-refractivity contribution is 7.90. The van der Waals surface area contributed by atoms with Gasteiger partial charge >= 0.3 is 0 Å². The number of rotatable bonds is 3. The van der Waals surface area contributed by atoms with Gasteiger partial charge in [-0.2, -0.15) is 0 Å². The van der Waals surface area contributed by atoms with Gasteiger partial charge in [-0.1, -0.05) is 6.92 Å². The Morgan fingerprint density at radius 2 is 2.00 bits per heavy atom. The van der Waals surface area contributed by atoms with E-state index in [-0.39, 0.29) is 16.8 Å². The molecule has 0 aromatic heterocycles. The monoisotopic (exact) mass is 311 g/mol. The number of anilines is 2. The average Bonchev–Trinajstić information content (AvgIpc) is 2.37. The Morgan fingerprint density at radius 3 is 2.57 bits per heavy atom. The van der Waals surface area contributed by atoms with E-state index in [2.05, 4.69) is 6.92 Å². The van der Waals surface area contributed by atoms with Gasteiger partial charge in [-0.05, 0) is 31.7 Å². The summed E-state index contributed by atoms with van der Waals surface area (Å²) in [5, 5.41) is 0. The fourth-order valence-electron chi connectivity index (χ4n) is 2.55. The van der Waals surface area contributed by atoms with Gasteiger partial charge in [0.05, 0.1) is 11.4 Å². The van der Waals surface area contributed by atoms with E-state index in [0.29, 0.717) is 24.5 Å². The Bertz CT molecular complexity index is 657. The molecule has 1 heterocycles. The Labute approximate surface area is 125 Å². The molecule has 1 amide bonds. The Morgan fingerprint density at radius 1 is 1.33 bits per heavy atom. The van der Waals surface area contributed by atoms with Crippen molar-refractivity contribution in [1.29, 1.82) is 0 Å². The maximum absolute atomic E-state index is 12.2. The van der Waals surface area contributed by atoms with Crippen LogP contribution in [0.25, 0.3) is 0 Å². The van der Waals surface area contributed by atoms with Crippen molar-refractivity contribution in [3.63, 3.8) is 0 Å². The van der Waals surface area contributed by atoms with Gasteiger partial charge in [-0.15, -0.1) is 0 Å². The average molecular weight is 311 g/mol. The highest BCUT2D eigenvalue weighted by Gasteiger charge is 2.30. The van der Waals surface area contributed by atoms with Gasteiger partial charge < -0.3 is 10.6 Å². The second kappa shape index (κ2) is 5.65. The van der Waals surface area contributed by atoms with E-state index < -0.39 is 9.84 Å². The molecule has 7 heteroatoms. The minimum atomic E-state index is -3.36. The number of hydrogen-bond acceptors (Lipinski definition) is 5. The van der Waals surface area contributed by atoms with Crippen LogP contribution in [-0.4, -0.2) is 51.7 Å². The summed E-state index contributed by atoms with van der Waals surface area (Å²) in [5.41, 5.74) is 6.68. The zero-order valence-corrected chi connectivity index (χ0v) is 13.4. The van der Waals surface area contributed by atoms with Crippen LogP contribution in [0.2, 0.25) is 0 Å². The number of likely N-dealkylation sites (N-methyl/N-ethyl adjacent to an activating group) is 1. The van der Waals surface area contributed by atoms with Crippen LogP contribution in [0.1, 0.15) is 13.3 Å². The number of hydrogen-bond donors (Lipinski definition) is 1. The number of nitrogens with two attached hydrogens (primary N) is 1. The smallest absolute Gasteiger partial charge is 0.241 e. The van der Waals surface area contributed by atoms with E-state index >= 15 is 0 Å². The molecule has 2 N–H and O–H groups in total. The predicted molar refractivity (Wildman–Crippen MR) is 83.0 cm³/mol. The maximum Gasteiger partial charge on any atom is 0.241 e. The van der Waals surface area contributed by atoms with E-state index in [0.717, 1.165) is 12.7 Å². The van der Waals surface area contributed by atoms with Crippen LogP contribution < -0.4 is 10.6 Å². The van der Waals surface area contributed by atoms with E-state index in [4.69, 9.17) is 5.73 Å². The zero-order chi connectivity index (χ0) is 15.8. The third-order valence-corrected chi connectivity index (χ3v) is 4.92. The van der Waals surface area contributed by atoms with E-state index in [9.17, 15) is 13.2 Å². The van der Waals surface area contributed by atoms with Crippen molar-refractivity contribution in [2.45, 2.75) is 24.3 Å². The summed E-state index contributed by atoms with van der Waals surface area (Å²) in [5.74, 6) is -0.0488. The van der Waals surface area contributed by atoms with Crippen LogP contribution in [0.4, 0.5) is 11.4 Å². The van der Waals surface area contributed by atoms with Crippen molar-refractivity contribution in [3.8, 4) is 0 Å². The van der Waals surface area contributed by atoms with Gasteiger partial charge in [0.15, 0.2) is 9.84 Å². The molecular formula is C14H21N3O3S. The van der Waals surface area contributed by atoms with Crippen LogP contribution in [0.15, 0.2) is 23.1 Å². The van der Waals surface area contributed by atoms with Crippen molar-refractivity contribution < 1.29 is 13.2 Å². The second-order valence-electron chi connectivity index (χ2n) is 5.51. The van der Waals surface area contributed by atoms with E-state index in [1.54, 1.807) is 11.0 Å². The molecule has 0 bridgehead atoms. The molecule has 2 rings (SSSR count). The molecule has 1 aromatic rings. The number of carbonyl (C=O) groups is 1. The predicted octanol–water partition coefficient (Wildman–Crippen LogP) is 0.729. The molecule has 0 unspecified atom stereocenters. The molecule has 1 atom stereocenters. The molecule has 1 aliphatic rings. The van der Waals surface area contributed by atoms with Gasteiger partial charge in [0.1, 0.15) is 0 Å². The van der Waals surface area contributed by atoms with Gasteiger partial charge in [-0.3, -0.25) is 9.69 Å². The molecule has 1 aliphatic heterocycles. The van der Waals surface area contributed by atoms with Crippen LogP contribution in [0, 0.1) is 0 Å². The molecule has 1 aromatic carbocycles. The highest BCUT2D eigenvalue weighted by atomic mass is 32.2. The quantitative estimate of drug-likeness (QED) is 0.832. The van der Waals surface area contributed by atoms with Crippen molar-refractivity contribution in [3.05, 3.63) is 18.2 Å². The normalized spacial score (nSPS) is 20.8. The van der Waals surface area contributed by atoms with Gasteiger partial charge in [0.2, 0.25) is 5.91 Å². The van der Waals surface area contributed by atoms with E-state index in [1.165, 1.54) is 12.1 Å². The van der Waals surface area contributed by atoms with Crippen molar-refractivity contribution in [2.24, 2.45) is 0 Å².